The maximum atomic E-state index is 13.4. The van der Waals surface area contributed by atoms with Gasteiger partial charge >= 0.3 is 0 Å². The summed E-state index contributed by atoms with van der Waals surface area (Å²) in [6.07, 6.45) is 3.84. The van der Waals surface area contributed by atoms with Gasteiger partial charge in [0.2, 0.25) is 5.91 Å². The molecule has 0 aliphatic carbocycles. The molecule has 0 atom stereocenters. The summed E-state index contributed by atoms with van der Waals surface area (Å²) >= 11 is 6.70. The lowest BCUT2D eigenvalue weighted by Gasteiger charge is -2.25. The molecule has 1 fully saturated rings. The molecule has 170 valence electrons. The number of amides is 2. The fourth-order valence-corrected chi connectivity index (χ4v) is 4.92. The first-order chi connectivity index (χ1) is 16.5. The average Bonchev–Trinajstić information content (AvgIpc) is 3.11. The third kappa shape index (κ3) is 5.90. The number of para-hydroxylation sites is 1. The van der Waals surface area contributed by atoms with Crippen LogP contribution in [0.5, 0.6) is 0 Å². The van der Waals surface area contributed by atoms with Gasteiger partial charge in [0.1, 0.15) is 10.9 Å². The molecule has 1 saturated heterocycles. The van der Waals surface area contributed by atoms with E-state index in [9.17, 15) is 9.59 Å². The Kier molecular flexibility index (Phi) is 7.72. The molecule has 34 heavy (non-hydrogen) atoms. The van der Waals surface area contributed by atoms with Crippen LogP contribution in [0.25, 0.3) is 6.08 Å². The molecule has 0 N–H and O–H groups in total. The summed E-state index contributed by atoms with van der Waals surface area (Å²) < 4.78 is 0.393. The van der Waals surface area contributed by atoms with Crippen LogP contribution in [0.4, 0.5) is 5.69 Å². The number of allylic oxidation sites excluding steroid dienone is 2. The second-order valence-electron chi connectivity index (χ2n) is 7.87. The van der Waals surface area contributed by atoms with Gasteiger partial charge in [-0.05, 0) is 41.8 Å². The van der Waals surface area contributed by atoms with E-state index < -0.39 is 0 Å². The first-order valence-corrected chi connectivity index (χ1v) is 12.1. The van der Waals surface area contributed by atoms with Gasteiger partial charge in [0.05, 0.1) is 11.4 Å². The number of rotatable bonds is 7. The van der Waals surface area contributed by atoms with E-state index >= 15 is 0 Å². The van der Waals surface area contributed by atoms with E-state index in [-0.39, 0.29) is 18.4 Å². The van der Waals surface area contributed by atoms with Gasteiger partial charge in [-0.15, -0.1) is 0 Å². The second kappa shape index (κ2) is 11.1. The molecule has 4 rings (SSSR count). The highest BCUT2D eigenvalue weighted by Gasteiger charge is 2.34. The fraction of sp³-hybridized carbons (Fsp3) is 0.107. The normalized spacial score (nSPS) is 15.1. The van der Waals surface area contributed by atoms with Crippen molar-refractivity contribution in [3.63, 3.8) is 0 Å². The first-order valence-electron chi connectivity index (χ1n) is 10.9. The summed E-state index contributed by atoms with van der Waals surface area (Å²) in [5, 5.41) is 0. The highest BCUT2D eigenvalue weighted by Crippen LogP contribution is 2.32. The number of carbonyl (C=O) groups is 2. The van der Waals surface area contributed by atoms with E-state index in [0.29, 0.717) is 15.8 Å². The van der Waals surface area contributed by atoms with Crippen molar-refractivity contribution in [3.8, 4) is 0 Å². The minimum Gasteiger partial charge on any atom is -0.306 e. The zero-order valence-corrected chi connectivity index (χ0v) is 20.4. The minimum atomic E-state index is -0.239. The number of carbonyl (C=O) groups excluding carboxylic acids is 2. The van der Waals surface area contributed by atoms with Gasteiger partial charge in [0, 0.05) is 5.69 Å². The number of hydrogen-bond donors (Lipinski definition) is 0. The Labute approximate surface area is 209 Å². The Morgan fingerprint density at radius 2 is 1.53 bits per heavy atom. The standard InChI is InChI=1S/C28H24N2O2S2/c1-21(17-22-11-5-2-6-12-22)18-25-27(32)30(28(33)34-25)20-26(31)29(24-15-9-4-10-16-24)19-23-13-7-3-8-14-23/h2-18H,19-20H2,1H3/b21-17+,25-18-. The van der Waals surface area contributed by atoms with E-state index in [2.05, 4.69) is 0 Å². The van der Waals surface area contributed by atoms with Crippen LogP contribution in [0.1, 0.15) is 18.1 Å². The van der Waals surface area contributed by atoms with Crippen LogP contribution in [-0.2, 0) is 16.1 Å². The molecule has 0 saturated carbocycles. The molecule has 1 aliphatic rings. The fourth-order valence-electron chi connectivity index (χ4n) is 3.61. The van der Waals surface area contributed by atoms with Crippen LogP contribution in [0.2, 0.25) is 0 Å². The summed E-state index contributed by atoms with van der Waals surface area (Å²) in [7, 11) is 0. The smallest absolute Gasteiger partial charge is 0.266 e. The van der Waals surface area contributed by atoms with Gasteiger partial charge in [-0.2, -0.15) is 0 Å². The van der Waals surface area contributed by atoms with Crippen LogP contribution in [0.3, 0.4) is 0 Å². The molecule has 3 aromatic carbocycles. The molecule has 6 heteroatoms. The van der Waals surface area contributed by atoms with Crippen LogP contribution in [-0.4, -0.2) is 27.6 Å². The third-order valence-corrected chi connectivity index (χ3v) is 6.65. The Morgan fingerprint density at radius 3 is 2.18 bits per heavy atom. The molecule has 0 bridgehead atoms. The predicted molar refractivity (Wildman–Crippen MR) is 144 cm³/mol. The van der Waals surface area contributed by atoms with Crippen molar-refractivity contribution in [1.29, 1.82) is 0 Å². The highest BCUT2D eigenvalue weighted by molar-refractivity contribution is 8.26. The zero-order chi connectivity index (χ0) is 23.9. The number of hydrogen-bond acceptors (Lipinski definition) is 4. The average molecular weight is 485 g/mol. The van der Waals surface area contributed by atoms with Crippen LogP contribution >= 0.6 is 24.0 Å². The number of thiocarbonyl (C=S) groups is 1. The maximum absolute atomic E-state index is 13.4. The Morgan fingerprint density at radius 1 is 0.941 bits per heavy atom. The zero-order valence-electron chi connectivity index (χ0n) is 18.8. The van der Waals surface area contributed by atoms with Gasteiger partial charge in [-0.25, -0.2) is 0 Å². The molecule has 2 amide bonds. The molecular weight excluding hydrogens is 460 g/mol. The van der Waals surface area contributed by atoms with Gasteiger partial charge in [-0.1, -0.05) is 109 Å². The van der Waals surface area contributed by atoms with Crippen molar-refractivity contribution in [1.82, 2.24) is 4.90 Å². The van der Waals surface area contributed by atoms with Crippen LogP contribution in [0.15, 0.2) is 108 Å². The van der Waals surface area contributed by atoms with E-state index in [4.69, 9.17) is 12.2 Å². The summed E-state index contributed by atoms with van der Waals surface area (Å²) in [5.41, 5.74) is 3.78. The van der Waals surface area contributed by atoms with Crippen molar-refractivity contribution in [2.75, 3.05) is 11.4 Å². The SMILES string of the molecule is CC(/C=C1\SC(=S)N(CC(=O)N(Cc2ccccc2)c2ccccc2)C1=O)=C\c1ccccc1. The summed E-state index contributed by atoms with van der Waals surface area (Å²) in [6.45, 7) is 2.25. The first kappa shape index (κ1) is 23.7. The van der Waals surface area contributed by atoms with Gasteiger partial charge < -0.3 is 4.90 Å². The van der Waals surface area contributed by atoms with Gasteiger partial charge in [0.15, 0.2) is 0 Å². The third-order valence-electron chi connectivity index (χ3n) is 5.27. The van der Waals surface area contributed by atoms with Crippen molar-refractivity contribution in [3.05, 3.63) is 119 Å². The largest absolute Gasteiger partial charge is 0.306 e. The molecule has 4 nitrogen and oxygen atoms in total. The minimum absolute atomic E-state index is 0.106. The van der Waals surface area contributed by atoms with Gasteiger partial charge in [-0.3, -0.25) is 14.5 Å². The van der Waals surface area contributed by atoms with E-state index in [1.165, 1.54) is 16.7 Å². The lowest BCUT2D eigenvalue weighted by atomic mass is 10.1. The molecule has 3 aromatic rings. The van der Waals surface area contributed by atoms with Crippen LogP contribution < -0.4 is 4.90 Å². The summed E-state index contributed by atoms with van der Waals surface area (Å²) in [4.78, 5) is 30.1. The maximum Gasteiger partial charge on any atom is 0.266 e. The lowest BCUT2D eigenvalue weighted by molar-refractivity contribution is -0.127. The molecule has 0 radical (unpaired) electrons. The van der Waals surface area contributed by atoms with Crippen molar-refractivity contribution in [2.45, 2.75) is 13.5 Å². The molecular formula is C28H24N2O2S2. The number of anilines is 1. The van der Waals surface area contributed by atoms with Crippen LogP contribution in [0, 0.1) is 0 Å². The van der Waals surface area contributed by atoms with E-state index in [1.807, 2.05) is 110 Å². The molecule has 0 unspecified atom stereocenters. The van der Waals surface area contributed by atoms with Gasteiger partial charge in [0.25, 0.3) is 5.91 Å². The summed E-state index contributed by atoms with van der Waals surface area (Å²) in [5.74, 6) is -0.430. The topological polar surface area (TPSA) is 40.6 Å². The predicted octanol–water partition coefficient (Wildman–Crippen LogP) is 6.07. The van der Waals surface area contributed by atoms with Crippen molar-refractivity contribution < 1.29 is 9.59 Å². The number of nitrogens with zero attached hydrogens (tertiary/aromatic N) is 2. The van der Waals surface area contributed by atoms with Crippen molar-refractivity contribution >= 4 is 51.9 Å². The summed E-state index contributed by atoms with van der Waals surface area (Å²) in [6, 6.07) is 29.2. The number of thioether (sulfide) groups is 1. The molecule has 0 aromatic heterocycles. The van der Waals surface area contributed by atoms with E-state index in [1.54, 1.807) is 4.90 Å². The molecule has 1 heterocycles. The molecule has 0 spiro atoms. The highest BCUT2D eigenvalue weighted by atomic mass is 32.2. The second-order valence-corrected chi connectivity index (χ2v) is 9.54. The van der Waals surface area contributed by atoms with E-state index in [0.717, 1.165) is 22.4 Å². The lowest BCUT2D eigenvalue weighted by Crippen LogP contribution is -2.42. The Hall–Kier alpha value is -3.48. The monoisotopic (exact) mass is 484 g/mol. The van der Waals surface area contributed by atoms with Crippen molar-refractivity contribution in [2.24, 2.45) is 0 Å². The Bertz CT molecular complexity index is 1240. The quantitative estimate of drug-likeness (QED) is 0.302. The Balaban J connectivity index is 1.52. The molecule has 1 aliphatic heterocycles. The number of benzene rings is 3.